The number of amides is 3. The van der Waals surface area contributed by atoms with Crippen molar-refractivity contribution in [1.82, 2.24) is 14.8 Å². The Labute approximate surface area is 259 Å². The lowest BCUT2D eigenvalue weighted by Crippen LogP contribution is -2.52. The number of carbonyl (C=O) groups is 6. The molecule has 1 atom stereocenters. The molecule has 15 nitrogen and oxygen atoms in total. The molecule has 3 amide bonds. The number of hydrogen-bond donors (Lipinski definition) is 1. The third-order valence-electron chi connectivity index (χ3n) is 6.97. The van der Waals surface area contributed by atoms with Gasteiger partial charge in [0.25, 0.3) is 12.0 Å². The van der Waals surface area contributed by atoms with E-state index in [0.717, 1.165) is 0 Å². The van der Waals surface area contributed by atoms with E-state index in [1.165, 1.54) is 16.9 Å². The number of fused-ring (bicyclic) bond motifs is 1. The van der Waals surface area contributed by atoms with Gasteiger partial charge in [0.15, 0.2) is 0 Å². The number of primary amides is 1. The van der Waals surface area contributed by atoms with Crippen LogP contribution in [0, 0.1) is 0 Å². The normalized spacial score (nSPS) is 13.6. The molecule has 1 aromatic carbocycles. The number of piperazine rings is 1. The van der Waals surface area contributed by atoms with Crippen LogP contribution >= 0.6 is 0 Å². The van der Waals surface area contributed by atoms with Gasteiger partial charge < -0.3 is 39.2 Å². The van der Waals surface area contributed by atoms with Gasteiger partial charge in [-0.15, -0.1) is 0 Å². The first-order valence-corrected chi connectivity index (χ1v) is 14.6. The number of carbonyl (C=O) groups excluding carboxylic acids is 6. The molecule has 45 heavy (non-hydrogen) atoms. The second kappa shape index (κ2) is 16.2. The van der Waals surface area contributed by atoms with Gasteiger partial charge >= 0.3 is 24.0 Å². The molecule has 1 unspecified atom stereocenters. The highest BCUT2D eigenvalue weighted by Crippen LogP contribution is 2.37. The fourth-order valence-corrected chi connectivity index (χ4v) is 4.84. The molecule has 0 bridgehead atoms. The van der Waals surface area contributed by atoms with Crippen LogP contribution in [0.3, 0.4) is 0 Å². The minimum absolute atomic E-state index is 0.0728. The number of ether oxygens (including phenoxy) is 5. The molecule has 1 aromatic heterocycles. The van der Waals surface area contributed by atoms with Crippen molar-refractivity contribution in [3.8, 4) is 5.75 Å². The van der Waals surface area contributed by atoms with Gasteiger partial charge in [-0.2, -0.15) is 0 Å². The Hall–Kier alpha value is -4.95. The van der Waals surface area contributed by atoms with Crippen LogP contribution in [0.2, 0.25) is 0 Å². The summed E-state index contributed by atoms with van der Waals surface area (Å²) in [5.74, 6) is -5.78. The molecule has 1 fully saturated rings. The van der Waals surface area contributed by atoms with Gasteiger partial charge in [0, 0.05) is 38.0 Å². The lowest BCUT2D eigenvalue weighted by atomic mass is 9.91. The lowest BCUT2D eigenvalue weighted by molar-refractivity contribution is -0.166. The Morgan fingerprint density at radius 3 is 2.00 bits per heavy atom. The zero-order valence-electron chi connectivity index (χ0n) is 25.7. The van der Waals surface area contributed by atoms with Crippen molar-refractivity contribution in [2.24, 2.45) is 5.73 Å². The van der Waals surface area contributed by atoms with Crippen molar-refractivity contribution < 1.29 is 52.5 Å². The van der Waals surface area contributed by atoms with E-state index in [9.17, 15) is 28.8 Å². The monoisotopic (exact) mass is 630 g/mol. The molecule has 3 rings (SSSR count). The van der Waals surface area contributed by atoms with E-state index in [1.54, 1.807) is 45.0 Å². The Morgan fingerprint density at radius 1 is 0.867 bits per heavy atom. The number of hydrogen-bond acceptors (Lipinski definition) is 12. The molecular weight excluding hydrogens is 592 g/mol. The van der Waals surface area contributed by atoms with Gasteiger partial charge in [-0.05, 0) is 39.3 Å². The maximum absolute atomic E-state index is 14.1. The summed E-state index contributed by atoms with van der Waals surface area (Å²) in [7, 11) is 1.20. The summed E-state index contributed by atoms with van der Waals surface area (Å²) in [6.07, 6.45) is -2.78. The molecule has 1 aliphatic rings. The summed E-state index contributed by atoms with van der Waals surface area (Å²) in [6.45, 7) is 5.50. The van der Waals surface area contributed by atoms with E-state index in [0.29, 0.717) is 0 Å². The van der Waals surface area contributed by atoms with Gasteiger partial charge in [0.1, 0.15) is 11.3 Å². The largest absolute Gasteiger partial charge is 0.469 e. The van der Waals surface area contributed by atoms with Gasteiger partial charge in [-0.1, -0.05) is 12.1 Å². The van der Waals surface area contributed by atoms with Gasteiger partial charge in [0.2, 0.25) is 5.91 Å². The third-order valence-corrected chi connectivity index (χ3v) is 6.97. The topological polar surface area (TPSA) is 194 Å². The maximum atomic E-state index is 14.1. The summed E-state index contributed by atoms with van der Waals surface area (Å²) in [6, 6.07) is 6.40. The number of methoxy groups -OCH3 is 1. The van der Waals surface area contributed by atoms with E-state index >= 15 is 0 Å². The third kappa shape index (κ3) is 8.37. The molecule has 2 N–H and O–H groups in total. The number of nitrogens with zero attached hydrogens (tertiary/aromatic N) is 3. The molecule has 244 valence electrons. The lowest BCUT2D eigenvalue weighted by Gasteiger charge is -2.36. The summed E-state index contributed by atoms with van der Waals surface area (Å²) >= 11 is 0. The predicted octanol–water partition coefficient (Wildman–Crippen LogP) is 1.54. The Balaban J connectivity index is 2.16. The number of aromatic nitrogens is 1. The number of pyridine rings is 1. The van der Waals surface area contributed by atoms with Crippen LogP contribution in [0.25, 0.3) is 10.9 Å². The minimum Gasteiger partial charge on any atom is -0.469 e. The smallest absolute Gasteiger partial charge is 0.409 e. The molecule has 2 heterocycles. The Morgan fingerprint density at radius 2 is 1.44 bits per heavy atom. The molecule has 1 aliphatic heterocycles. The van der Waals surface area contributed by atoms with E-state index < -0.39 is 47.8 Å². The van der Waals surface area contributed by atoms with Crippen molar-refractivity contribution in [2.45, 2.75) is 45.6 Å². The minimum atomic E-state index is -1.93. The van der Waals surface area contributed by atoms with Crippen molar-refractivity contribution in [3.05, 3.63) is 35.5 Å². The van der Waals surface area contributed by atoms with Crippen LogP contribution in [0.15, 0.2) is 24.3 Å². The number of rotatable bonds is 13. The first kappa shape index (κ1) is 34.5. The fraction of sp³-hybridized carbons (Fsp3) is 0.500. The second-order valence-electron chi connectivity index (χ2n) is 9.76. The Bertz CT molecular complexity index is 1400. The number of benzene rings is 1. The zero-order valence-corrected chi connectivity index (χ0v) is 25.7. The van der Waals surface area contributed by atoms with Crippen molar-refractivity contribution in [3.63, 3.8) is 0 Å². The van der Waals surface area contributed by atoms with Crippen LogP contribution in [0.4, 0.5) is 4.79 Å². The van der Waals surface area contributed by atoms with E-state index in [4.69, 9.17) is 29.4 Å². The fourth-order valence-electron chi connectivity index (χ4n) is 4.84. The standard InChI is InChI=1S/C30H38N4O11/c1-5-42-28(38)25(29(39)43-6-2)45-24-18-10-8-9-11-20(18)32-23(22(24)26(31)36)19(12-13-21(35)41-4)27(37)33-14-16-34(17-15-33)30(40)44-7-3/h8-11,19,25H,5-7,12-17H2,1-4H3,(H2,31,36). The van der Waals surface area contributed by atoms with E-state index in [1.807, 2.05) is 0 Å². The SMILES string of the molecule is CCOC(=O)C(Oc1c(C(N)=O)c(C(CCC(=O)OC)C(=O)N2CCN(C(=O)OCC)CC2)nc2ccccc12)C(=O)OCC. The van der Waals surface area contributed by atoms with E-state index in [2.05, 4.69) is 4.98 Å². The molecule has 1 saturated heterocycles. The van der Waals surface area contributed by atoms with Crippen molar-refractivity contribution >= 4 is 46.7 Å². The van der Waals surface area contributed by atoms with Gasteiger partial charge in [-0.3, -0.25) is 19.4 Å². The number of esters is 3. The molecule has 0 radical (unpaired) electrons. The average molecular weight is 631 g/mol. The summed E-state index contributed by atoms with van der Waals surface area (Å²) in [5.41, 5.74) is 5.63. The predicted molar refractivity (Wildman–Crippen MR) is 157 cm³/mol. The molecule has 0 aliphatic carbocycles. The second-order valence-corrected chi connectivity index (χ2v) is 9.76. The highest BCUT2D eigenvalue weighted by Gasteiger charge is 2.38. The maximum Gasteiger partial charge on any atom is 0.409 e. The molecule has 0 spiro atoms. The van der Waals surface area contributed by atoms with Crippen LogP contribution in [-0.4, -0.2) is 110 Å². The highest BCUT2D eigenvalue weighted by molar-refractivity contribution is 6.06. The number of para-hydroxylation sites is 1. The van der Waals surface area contributed by atoms with Crippen LogP contribution in [0.5, 0.6) is 5.75 Å². The summed E-state index contributed by atoms with van der Waals surface area (Å²) < 4.78 is 25.8. The van der Waals surface area contributed by atoms with E-state index in [-0.39, 0.29) is 86.8 Å². The van der Waals surface area contributed by atoms with Crippen LogP contribution in [0.1, 0.15) is 55.6 Å². The zero-order chi connectivity index (χ0) is 33.1. The number of nitrogens with two attached hydrogens (primary N) is 1. The molecule has 0 saturated carbocycles. The summed E-state index contributed by atoms with van der Waals surface area (Å²) in [5, 5.41) is 0.218. The average Bonchev–Trinajstić information content (AvgIpc) is 3.03. The molecule has 15 heteroatoms. The molecule has 2 aromatic rings. The quantitative estimate of drug-likeness (QED) is 0.191. The van der Waals surface area contributed by atoms with Crippen molar-refractivity contribution in [1.29, 1.82) is 0 Å². The molecular formula is C30H38N4O11. The van der Waals surface area contributed by atoms with Gasteiger partial charge in [-0.25, -0.2) is 14.4 Å². The van der Waals surface area contributed by atoms with Crippen LogP contribution < -0.4 is 10.5 Å². The highest BCUT2D eigenvalue weighted by atomic mass is 16.6. The van der Waals surface area contributed by atoms with Crippen molar-refractivity contribution in [2.75, 3.05) is 53.1 Å². The Kier molecular flexibility index (Phi) is 12.4. The van der Waals surface area contributed by atoms with Crippen LogP contribution in [-0.2, 0) is 38.1 Å². The van der Waals surface area contributed by atoms with Gasteiger partial charge in [0.05, 0.1) is 44.1 Å². The summed E-state index contributed by atoms with van der Waals surface area (Å²) in [4.78, 5) is 84.8. The first-order valence-electron chi connectivity index (χ1n) is 14.6. The first-order chi connectivity index (χ1) is 21.6.